The Labute approximate surface area is 113 Å². The van der Waals surface area contributed by atoms with Gasteiger partial charge in [0.2, 0.25) is 0 Å². The zero-order valence-electron chi connectivity index (χ0n) is 10.4. The van der Waals surface area contributed by atoms with Gasteiger partial charge in [0, 0.05) is 6.04 Å². The maximum atomic E-state index is 12.9. The molecular weight excluding hydrogens is 271 g/mol. The molecule has 0 amide bonds. The number of carbonyl (C=O) groups is 1. The third-order valence-corrected chi connectivity index (χ3v) is 2.84. The zero-order valence-corrected chi connectivity index (χ0v) is 10.4. The molecule has 1 fully saturated rings. The van der Waals surface area contributed by atoms with Crippen molar-refractivity contribution < 1.29 is 24.0 Å². The van der Waals surface area contributed by atoms with Crippen LogP contribution in [-0.4, -0.2) is 34.7 Å². The molecule has 1 aliphatic rings. The molecule has 0 bridgehead atoms. The van der Waals surface area contributed by atoms with Gasteiger partial charge in [-0.2, -0.15) is 0 Å². The molecule has 1 aromatic rings. The topological polar surface area (TPSA) is 102 Å². The maximum Gasteiger partial charge on any atom is 0.324 e. The van der Waals surface area contributed by atoms with Crippen LogP contribution in [0.2, 0.25) is 0 Å². The van der Waals surface area contributed by atoms with Gasteiger partial charge in [-0.05, 0) is 25.0 Å². The molecule has 20 heavy (non-hydrogen) atoms. The van der Waals surface area contributed by atoms with Crippen LogP contribution in [-0.2, 0) is 4.79 Å². The molecule has 8 heteroatoms. The van der Waals surface area contributed by atoms with Crippen molar-refractivity contribution in [3.63, 3.8) is 0 Å². The van der Waals surface area contributed by atoms with Gasteiger partial charge in [0.25, 0.3) is 0 Å². The van der Waals surface area contributed by atoms with Gasteiger partial charge in [-0.3, -0.25) is 20.2 Å². The van der Waals surface area contributed by atoms with Crippen LogP contribution in [0.25, 0.3) is 0 Å². The molecule has 0 saturated heterocycles. The third kappa shape index (κ3) is 3.64. The Bertz CT molecular complexity index is 533. The first-order chi connectivity index (χ1) is 9.47. The van der Waals surface area contributed by atoms with Crippen molar-refractivity contribution in [3.8, 4) is 5.75 Å². The maximum absolute atomic E-state index is 12.9. The Morgan fingerprint density at radius 3 is 2.85 bits per heavy atom. The molecule has 1 atom stereocenters. The fraction of sp³-hybridized carbons (Fsp3) is 0.417. The van der Waals surface area contributed by atoms with E-state index >= 15 is 0 Å². The number of hydrogen-bond acceptors (Lipinski definition) is 5. The minimum Gasteiger partial charge on any atom is -0.485 e. The second kappa shape index (κ2) is 5.83. The van der Waals surface area contributed by atoms with E-state index in [0.29, 0.717) is 0 Å². The lowest BCUT2D eigenvalue weighted by molar-refractivity contribution is -0.386. The molecular formula is C12H13FN2O5. The van der Waals surface area contributed by atoms with Gasteiger partial charge in [-0.15, -0.1) is 0 Å². The lowest BCUT2D eigenvalue weighted by atomic mass is 10.2. The second-order valence-electron chi connectivity index (χ2n) is 4.51. The Morgan fingerprint density at radius 1 is 1.60 bits per heavy atom. The molecule has 1 unspecified atom stereocenters. The SMILES string of the molecule is O=C(O)C(COc1ccc(F)cc1[N+](=O)[O-])NC1CC1. The minimum atomic E-state index is -1.10. The molecule has 1 aliphatic carbocycles. The molecule has 0 aliphatic heterocycles. The van der Waals surface area contributed by atoms with Crippen LogP contribution in [0, 0.1) is 15.9 Å². The summed E-state index contributed by atoms with van der Waals surface area (Å²) in [5, 5.41) is 22.6. The fourth-order valence-corrected chi connectivity index (χ4v) is 1.65. The van der Waals surface area contributed by atoms with E-state index in [1.807, 2.05) is 0 Å². The van der Waals surface area contributed by atoms with E-state index in [1.165, 1.54) is 0 Å². The number of nitrogens with one attached hydrogen (secondary N) is 1. The summed E-state index contributed by atoms with van der Waals surface area (Å²) in [5.74, 6) is -2.00. The monoisotopic (exact) mass is 284 g/mol. The van der Waals surface area contributed by atoms with Gasteiger partial charge >= 0.3 is 11.7 Å². The average Bonchev–Trinajstić information content (AvgIpc) is 3.19. The first-order valence-corrected chi connectivity index (χ1v) is 6.03. The second-order valence-corrected chi connectivity index (χ2v) is 4.51. The summed E-state index contributed by atoms with van der Waals surface area (Å²) in [6.07, 6.45) is 1.81. The number of rotatable bonds is 7. The number of carboxylic acid groups (broad SMARTS) is 1. The van der Waals surface area contributed by atoms with Gasteiger partial charge in [-0.25, -0.2) is 4.39 Å². The molecule has 7 nitrogen and oxygen atoms in total. The predicted octanol–water partition coefficient (Wildman–Crippen LogP) is 1.32. The van der Waals surface area contributed by atoms with Crippen molar-refractivity contribution >= 4 is 11.7 Å². The molecule has 0 spiro atoms. The van der Waals surface area contributed by atoms with Crippen molar-refractivity contribution in [2.24, 2.45) is 0 Å². The van der Waals surface area contributed by atoms with Gasteiger partial charge in [-0.1, -0.05) is 0 Å². The predicted molar refractivity (Wildman–Crippen MR) is 66.1 cm³/mol. The van der Waals surface area contributed by atoms with Gasteiger partial charge in [0.05, 0.1) is 11.0 Å². The van der Waals surface area contributed by atoms with E-state index in [0.717, 1.165) is 31.0 Å². The highest BCUT2D eigenvalue weighted by Gasteiger charge is 2.29. The number of halogens is 1. The van der Waals surface area contributed by atoms with Crippen molar-refractivity contribution in [2.45, 2.75) is 24.9 Å². The van der Waals surface area contributed by atoms with Crippen LogP contribution in [0.4, 0.5) is 10.1 Å². The fourth-order valence-electron chi connectivity index (χ4n) is 1.65. The van der Waals surface area contributed by atoms with Crippen LogP contribution < -0.4 is 10.1 Å². The summed E-state index contributed by atoms with van der Waals surface area (Å²) >= 11 is 0. The third-order valence-electron chi connectivity index (χ3n) is 2.84. The van der Waals surface area contributed by atoms with E-state index in [-0.39, 0.29) is 18.4 Å². The lowest BCUT2D eigenvalue weighted by Gasteiger charge is -2.15. The van der Waals surface area contributed by atoms with Crippen LogP contribution in [0.3, 0.4) is 0 Å². The molecule has 0 aromatic heterocycles. The van der Waals surface area contributed by atoms with Crippen LogP contribution in [0.15, 0.2) is 18.2 Å². The smallest absolute Gasteiger partial charge is 0.324 e. The number of nitro groups is 1. The van der Waals surface area contributed by atoms with Gasteiger partial charge in [0.15, 0.2) is 5.75 Å². The lowest BCUT2D eigenvalue weighted by Crippen LogP contribution is -2.42. The van der Waals surface area contributed by atoms with E-state index < -0.39 is 28.4 Å². The summed E-state index contributed by atoms with van der Waals surface area (Å²) in [6, 6.07) is 2.07. The van der Waals surface area contributed by atoms with Crippen molar-refractivity contribution in [1.82, 2.24) is 5.32 Å². The Balaban J connectivity index is 2.04. The largest absolute Gasteiger partial charge is 0.485 e. The van der Waals surface area contributed by atoms with Gasteiger partial charge < -0.3 is 9.84 Å². The number of hydrogen-bond donors (Lipinski definition) is 2. The summed E-state index contributed by atoms with van der Waals surface area (Å²) in [7, 11) is 0. The van der Waals surface area contributed by atoms with E-state index in [4.69, 9.17) is 9.84 Å². The molecule has 1 saturated carbocycles. The Kier molecular flexibility index (Phi) is 4.14. The molecule has 2 rings (SSSR count). The van der Waals surface area contributed by atoms with E-state index in [1.54, 1.807) is 0 Å². The van der Waals surface area contributed by atoms with Gasteiger partial charge in [0.1, 0.15) is 18.5 Å². The van der Waals surface area contributed by atoms with Crippen LogP contribution in [0.1, 0.15) is 12.8 Å². The average molecular weight is 284 g/mol. The highest BCUT2D eigenvalue weighted by Crippen LogP contribution is 2.27. The zero-order chi connectivity index (χ0) is 14.7. The summed E-state index contributed by atoms with van der Waals surface area (Å²) in [4.78, 5) is 21.0. The summed E-state index contributed by atoms with van der Waals surface area (Å²) < 4.78 is 18.1. The molecule has 0 heterocycles. The standard InChI is InChI=1S/C12H13FN2O5/c13-7-1-4-11(10(5-7)15(18)19)20-6-9(12(16)17)14-8-2-3-8/h1,4-5,8-9,14H,2-3,6H2,(H,16,17). The van der Waals surface area contributed by atoms with Crippen LogP contribution >= 0.6 is 0 Å². The first-order valence-electron chi connectivity index (χ1n) is 6.03. The number of ether oxygens (including phenoxy) is 1. The summed E-state index contributed by atoms with van der Waals surface area (Å²) in [6.45, 7) is -0.266. The van der Waals surface area contributed by atoms with E-state index in [2.05, 4.69) is 5.32 Å². The minimum absolute atomic E-state index is 0.153. The Hall–Kier alpha value is -2.22. The van der Waals surface area contributed by atoms with Crippen LogP contribution in [0.5, 0.6) is 5.75 Å². The summed E-state index contributed by atoms with van der Waals surface area (Å²) in [5.41, 5.74) is -0.527. The number of nitro benzene ring substituents is 1. The first kappa shape index (κ1) is 14.2. The molecule has 0 radical (unpaired) electrons. The van der Waals surface area contributed by atoms with E-state index in [9.17, 15) is 19.3 Å². The molecule has 2 N–H and O–H groups in total. The normalized spacial score (nSPS) is 15.7. The van der Waals surface area contributed by atoms with Crippen molar-refractivity contribution in [3.05, 3.63) is 34.1 Å². The van der Waals surface area contributed by atoms with Crippen molar-refractivity contribution in [1.29, 1.82) is 0 Å². The Morgan fingerprint density at radius 2 is 2.30 bits per heavy atom. The quantitative estimate of drug-likeness (QED) is 0.578. The number of benzene rings is 1. The molecule has 1 aromatic carbocycles. The number of carboxylic acids is 1. The number of nitrogens with zero attached hydrogens (tertiary/aromatic N) is 1. The van der Waals surface area contributed by atoms with Crippen molar-refractivity contribution in [2.75, 3.05) is 6.61 Å². The highest BCUT2D eigenvalue weighted by atomic mass is 19.1. The molecule has 108 valence electrons. The highest BCUT2D eigenvalue weighted by molar-refractivity contribution is 5.73. The number of aliphatic carboxylic acids is 1.